The van der Waals surface area contributed by atoms with Crippen LogP contribution in [0.4, 0.5) is 8.78 Å². The first-order valence-electron chi connectivity index (χ1n) is 7.25. The Morgan fingerprint density at radius 1 is 1.16 bits per heavy atom. The van der Waals surface area contributed by atoms with Crippen molar-refractivity contribution in [2.24, 2.45) is 0 Å². The molecule has 0 unspecified atom stereocenters. The van der Waals surface area contributed by atoms with E-state index >= 15 is 0 Å². The molecule has 0 saturated heterocycles. The van der Waals surface area contributed by atoms with E-state index in [1.54, 1.807) is 18.2 Å². The van der Waals surface area contributed by atoms with E-state index in [-0.39, 0.29) is 46.0 Å². The van der Waals surface area contributed by atoms with Crippen LogP contribution in [0.1, 0.15) is 16.8 Å². The number of benzene rings is 1. The van der Waals surface area contributed by atoms with Crippen LogP contribution in [0.3, 0.4) is 0 Å². The summed E-state index contributed by atoms with van der Waals surface area (Å²) in [6, 6.07) is 10.7. The summed E-state index contributed by atoms with van der Waals surface area (Å²) in [5.74, 6) is -3.71. The minimum absolute atomic E-state index is 0.0706. The lowest BCUT2D eigenvalue weighted by molar-refractivity contribution is 0.0500. The van der Waals surface area contributed by atoms with Crippen LogP contribution in [-0.2, 0) is 14.6 Å². The number of alkyl halides is 2. The maximum Gasteiger partial charge on any atom is 0.340 e. The molecule has 0 fully saturated rings. The summed E-state index contributed by atoms with van der Waals surface area (Å²) in [7, 11) is -3.45. The van der Waals surface area contributed by atoms with Gasteiger partial charge in [0.1, 0.15) is 5.03 Å². The molecule has 1 aromatic carbocycles. The first-order chi connectivity index (χ1) is 11.9. The summed E-state index contributed by atoms with van der Waals surface area (Å²) in [5.41, 5.74) is -0.0706. The van der Waals surface area contributed by atoms with E-state index < -0.39 is 21.6 Å². The Labute approximate surface area is 148 Å². The maximum absolute atomic E-state index is 12.5. The molecule has 0 aliphatic carbocycles. The number of halogens is 2. The Morgan fingerprint density at radius 3 is 2.56 bits per heavy atom. The number of ether oxygens (including phenoxy) is 1. The smallest absolute Gasteiger partial charge is 0.340 e. The van der Waals surface area contributed by atoms with Crippen molar-refractivity contribution in [1.29, 1.82) is 0 Å². The molecule has 0 aliphatic heterocycles. The van der Waals surface area contributed by atoms with E-state index in [1.165, 1.54) is 30.5 Å². The Morgan fingerprint density at radius 2 is 1.88 bits per heavy atom. The molecule has 9 heteroatoms. The van der Waals surface area contributed by atoms with Gasteiger partial charge in [0, 0.05) is 6.20 Å². The number of thioether (sulfide) groups is 1. The lowest BCUT2D eigenvalue weighted by Crippen LogP contribution is -2.13. The predicted octanol–water partition coefficient (Wildman–Crippen LogP) is 3.42. The van der Waals surface area contributed by atoms with Crippen molar-refractivity contribution in [1.82, 2.24) is 4.98 Å². The lowest BCUT2D eigenvalue weighted by Gasteiger charge is -2.08. The summed E-state index contributed by atoms with van der Waals surface area (Å²) in [6.07, 6.45) is 1.40. The minimum Gasteiger partial charge on any atom is -0.462 e. The van der Waals surface area contributed by atoms with Gasteiger partial charge < -0.3 is 4.74 Å². The number of rotatable bonds is 8. The number of hydrogen-bond donors (Lipinski definition) is 0. The molecule has 134 valence electrons. The fourth-order valence-electron chi connectivity index (χ4n) is 1.96. The van der Waals surface area contributed by atoms with Gasteiger partial charge in [0.2, 0.25) is 0 Å². The van der Waals surface area contributed by atoms with Crippen LogP contribution >= 0.6 is 11.8 Å². The first-order valence-corrected chi connectivity index (χ1v) is 9.78. The molecule has 1 heterocycles. The average molecular weight is 387 g/mol. The lowest BCUT2D eigenvalue weighted by atomic mass is 10.3. The molecular weight excluding hydrogens is 372 g/mol. The number of pyridine rings is 1. The molecule has 0 radical (unpaired) electrons. The van der Waals surface area contributed by atoms with E-state index in [0.717, 1.165) is 0 Å². The second-order valence-electron chi connectivity index (χ2n) is 4.86. The molecule has 0 spiro atoms. The SMILES string of the molecule is O=C(OCCCS(=O)(=O)c1ccccc1)c1cccnc1SC(F)F. The highest BCUT2D eigenvalue weighted by molar-refractivity contribution is 7.99. The second-order valence-corrected chi connectivity index (χ2v) is 7.94. The van der Waals surface area contributed by atoms with Crippen LogP contribution in [0.2, 0.25) is 0 Å². The highest BCUT2D eigenvalue weighted by atomic mass is 32.2. The molecule has 0 bridgehead atoms. The van der Waals surface area contributed by atoms with Crippen molar-refractivity contribution in [2.75, 3.05) is 12.4 Å². The first kappa shape index (κ1) is 19.3. The largest absolute Gasteiger partial charge is 0.462 e. The molecule has 0 N–H and O–H groups in total. The third-order valence-corrected chi connectivity index (χ3v) is 5.63. The van der Waals surface area contributed by atoms with Crippen LogP contribution in [-0.4, -0.2) is 37.5 Å². The van der Waals surface area contributed by atoms with Crippen molar-refractivity contribution >= 4 is 27.6 Å². The molecule has 2 rings (SSSR count). The van der Waals surface area contributed by atoms with E-state index in [0.29, 0.717) is 0 Å². The van der Waals surface area contributed by atoms with Gasteiger partial charge in [-0.05, 0) is 42.4 Å². The summed E-state index contributed by atoms with van der Waals surface area (Å²) < 4.78 is 54.1. The highest BCUT2D eigenvalue weighted by Crippen LogP contribution is 2.26. The highest BCUT2D eigenvalue weighted by Gasteiger charge is 2.18. The standard InChI is InChI=1S/C16H15F2NO4S2/c17-16(18)24-14-13(8-4-9-19-14)15(20)23-10-5-11-25(21,22)12-6-2-1-3-7-12/h1-4,6-9,16H,5,10-11H2. The van der Waals surface area contributed by atoms with Crippen molar-refractivity contribution in [3.05, 3.63) is 54.2 Å². The second kappa shape index (κ2) is 8.91. The number of esters is 1. The molecule has 1 aromatic heterocycles. The zero-order valence-corrected chi connectivity index (χ0v) is 14.6. The third kappa shape index (κ3) is 5.79. The maximum atomic E-state index is 12.5. The number of hydrogen-bond acceptors (Lipinski definition) is 6. The number of sulfone groups is 1. The van der Waals surface area contributed by atoms with E-state index in [9.17, 15) is 22.0 Å². The van der Waals surface area contributed by atoms with Gasteiger partial charge in [0.05, 0.1) is 22.8 Å². The van der Waals surface area contributed by atoms with Gasteiger partial charge in [0.15, 0.2) is 9.84 Å². The van der Waals surface area contributed by atoms with Gasteiger partial charge in [-0.15, -0.1) is 0 Å². The fraction of sp³-hybridized carbons (Fsp3) is 0.250. The van der Waals surface area contributed by atoms with Gasteiger partial charge in [0.25, 0.3) is 5.76 Å². The zero-order chi connectivity index (χ0) is 18.3. The Balaban J connectivity index is 1.89. The van der Waals surface area contributed by atoms with Gasteiger partial charge in [-0.3, -0.25) is 0 Å². The number of aromatic nitrogens is 1. The summed E-state index contributed by atoms with van der Waals surface area (Å²) in [6.45, 7) is -0.140. The summed E-state index contributed by atoms with van der Waals surface area (Å²) in [5, 5.41) is -0.126. The van der Waals surface area contributed by atoms with E-state index in [2.05, 4.69) is 4.98 Å². The molecular formula is C16H15F2NO4S2. The van der Waals surface area contributed by atoms with E-state index in [1.807, 2.05) is 0 Å². The summed E-state index contributed by atoms with van der Waals surface area (Å²) in [4.78, 5) is 15.9. The van der Waals surface area contributed by atoms with Crippen molar-refractivity contribution in [3.8, 4) is 0 Å². The fourth-order valence-corrected chi connectivity index (χ4v) is 3.84. The molecule has 0 amide bonds. The Kier molecular flexibility index (Phi) is 6.89. The normalized spacial score (nSPS) is 11.5. The summed E-state index contributed by atoms with van der Waals surface area (Å²) >= 11 is 0.153. The van der Waals surface area contributed by atoms with Crippen molar-refractivity contribution < 1.29 is 26.7 Å². The quantitative estimate of drug-likeness (QED) is 0.393. The zero-order valence-electron chi connectivity index (χ0n) is 13.0. The molecule has 0 aliphatic rings. The van der Waals surface area contributed by atoms with Crippen LogP contribution in [0.25, 0.3) is 0 Å². The van der Waals surface area contributed by atoms with Crippen LogP contribution in [0, 0.1) is 0 Å². The molecule has 2 aromatic rings. The monoisotopic (exact) mass is 387 g/mol. The molecule has 0 saturated carbocycles. The molecule has 25 heavy (non-hydrogen) atoms. The average Bonchev–Trinajstić information content (AvgIpc) is 2.59. The van der Waals surface area contributed by atoms with Crippen molar-refractivity contribution in [3.63, 3.8) is 0 Å². The number of carbonyl (C=O) groups excluding carboxylic acids is 1. The van der Waals surface area contributed by atoms with E-state index in [4.69, 9.17) is 4.74 Å². The number of carbonyl (C=O) groups is 1. The number of nitrogens with zero attached hydrogens (tertiary/aromatic N) is 1. The third-order valence-electron chi connectivity index (χ3n) is 3.08. The Hall–Kier alpha value is -2.00. The topological polar surface area (TPSA) is 73.3 Å². The van der Waals surface area contributed by atoms with Gasteiger partial charge in [-0.1, -0.05) is 18.2 Å². The minimum atomic E-state index is -3.45. The molecule has 0 atom stereocenters. The molecule has 5 nitrogen and oxygen atoms in total. The Bertz CT molecular complexity index is 814. The van der Waals surface area contributed by atoms with Gasteiger partial charge >= 0.3 is 5.97 Å². The van der Waals surface area contributed by atoms with Crippen LogP contribution in [0.15, 0.2) is 58.6 Å². The van der Waals surface area contributed by atoms with Gasteiger partial charge in [-0.25, -0.2) is 18.2 Å². The van der Waals surface area contributed by atoms with Gasteiger partial charge in [-0.2, -0.15) is 8.78 Å². The van der Waals surface area contributed by atoms with Crippen molar-refractivity contribution in [2.45, 2.75) is 22.1 Å². The van der Waals surface area contributed by atoms with Crippen LogP contribution in [0.5, 0.6) is 0 Å². The predicted molar refractivity (Wildman–Crippen MR) is 89.5 cm³/mol. The van der Waals surface area contributed by atoms with Crippen LogP contribution < -0.4 is 0 Å².